The molecule has 0 spiro atoms. The van der Waals surface area contributed by atoms with Gasteiger partial charge in [-0.25, -0.2) is 4.68 Å². The average molecular weight is 346 g/mol. The van der Waals surface area contributed by atoms with Crippen LogP contribution in [0.3, 0.4) is 0 Å². The third-order valence-electron chi connectivity index (χ3n) is 3.75. The van der Waals surface area contributed by atoms with Crippen molar-refractivity contribution in [3.8, 4) is 0 Å². The SMILES string of the molecule is CCOC(Cn1cc(C(=O)NCC(C)c2ccccc2)nn1)OCC. The number of nitrogens with one attached hydrogen (secondary N) is 1. The standard InChI is InChI=1S/C18H26N4O3/c1-4-24-17(25-5-2)13-22-12-16(20-21-22)18(23)19-11-14(3)15-9-7-6-8-10-15/h6-10,12,14,17H,4-5,11,13H2,1-3H3,(H,19,23). The summed E-state index contributed by atoms with van der Waals surface area (Å²) in [5.41, 5.74) is 1.47. The van der Waals surface area contributed by atoms with Crippen LogP contribution < -0.4 is 5.32 Å². The first kappa shape index (κ1) is 19.1. The van der Waals surface area contributed by atoms with Crippen molar-refractivity contribution in [2.75, 3.05) is 19.8 Å². The number of hydrogen-bond donors (Lipinski definition) is 1. The molecule has 7 heteroatoms. The van der Waals surface area contributed by atoms with Crippen LogP contribution in [0.5, 0.6) is 0 Å². The van der Waals surface area contributed by atoms with Crippen LogP contribution in [0.2, 0.25) is 0 Å². The highest BCUT2D eigenvalue weighted by Crippen LogP contribution is 2.13. The Hall–Kier alpha value is -2.25. The zero-order chi connectivity index (χ0) is 18.1. The minimum absolute atomic E-state index is 0.223. The molecule has 0 bridgehead atoms. The molecule has 0 aliphatic heterocycles. The lowest BCUT2D eigenvalue weighted by Gasteiger charge is -2.16. The zero-order valence-electron chi connectivity index (χ0n) is 15.0. The fourth-order valence-electron chi connectivity index (χ4n) is 2.41. The molecule has 2 rings (SSSR count). The van der Waals surface area contributed by atoms with Gasteiger partial charge in [0, 0.05) is 19.8 Å². The van der Waals surface area contributed by atoms with Gasteiger partial charge in [-0.2, -0.15) is 0 Å². The van der Waals surface area contributed by atoms with Gasteiger partial charge in [0.2, 0.25) is 0 Å². The van der Waals surface area contributed by atoms with Gasteiger partial charge < -0.3 is 14.8 Å². The van der Waals surface area contributed by atoms with Crippen molar-refractivity contribution in [1.82, 2.24) is 20.3 Å². The molecule has 2 aromatic rings. The Morgan fingerprint density at radius 2 is 1.88 bits per heavy atom. The first-order chi connectivity index (χ1) is 12.1. The van der Waals surface area contributed by atoms with Crippen molar-refractivity contribution in [2.45, 2.75) is 39.5 Å². The van der Waals surface area contributed by atoms with Gasteiger partial charge in [-0.15, -0.1) is 5.10 Å². The molecule has 0 aliphatic carbocycles. The summed E-state index contributed by atoms with van der Waals surface area (Å²) in [6, 6.07) is 10.1. The van der Waals surface area contributed by atoms with Crippen LogP contribution in [-0.4, -0.2) is 46.9 Å². The summed E-state index contributed by atoms with van der Waals surface area (Å²) in [4.78, 5) is 12.2. The topological polar surface area (TPSA) is 78.3 Å². The number of hydrogen-bond acceptors (Lipinski definition) is 5. The molecule has 1 aromatic heterocycles. The Morgan fingerprint density at radius 3 is 2.52 bits per heavy atom. The lowest BCUT2D eigenvalue weighted by molar-refractivity contribution is -0.145. The maximum absolute atomic E-state index is 12.2. The van der Waals surface area contributed by atoms with Crippen LogP contribution in [0.1, 0.15) is 42.7 Å². The van der Waals surface area contributed by atoms with E-state index in [-0.39, 0.29) is 17.5 Å². The van der Waals surface area contributed by atoms with Gasteiger partial charge in [-0.1, -0.05) is 42.5 Å². The van der Waals surface area contributed by atoms with Gasteiger partial charge in [0.05, 0.1) is 12.7 Å². The van der Waals surface area contributed by atoms with Crippen molar-refractivity contribution >= 4 is 5.91 Å². The number of amides is 1. The van der Waals surface area contributed by atoms with E-state index in [4.69, 9.17) is 9.47 Å². The van der Waals surface area contributed by atoms with Crippen molar-refractivity contribution in [1.29, 1.82) is 0 Å². The quantitative estimate of drug-likeness (QED) is 0.667. The number of rotatable bonds is 10. The second kappa shape index (κ2) is 9.90. The van der Waals surface area contributed by atoms with Crippen molar-refractivity contribution in [2.24, 2.45) is 0 Å². The lowest BCUT2D eigenvalue weighted by atomic mass is 10.0. The first-order valence-corrected chi connectivity index (χ1v) is 8.60. The summed E-state index contributed by atoms with van der Waals surface area (Å²) >= 11 is 0. The molecule has 0 saturated heterocycles. The number of aromatic nitrogens is 3. The molecule has 0 radical (unpaired) electrons. The third kappa shape index (κ3) is 5.95. The maximum atomic E-state index is 12.2. The van der Waals surface area contributed by atoms with E-state index in [1.807, 2.05) is 32.0 Å². The van der Waals surface area contributed by atoms with Gasteiger partial charge in [-0.05, 0) is 25.3 Å². The molecule has 25 heavy (non-hydrogen) atoms. The summed E-state index contributed by atoms with van der Waals surface area (Å²) in [5.74, 6) is -0.0149. The van der Waals surface area contributed by atoms with Gasteiger partial charge in [0.25, 0.3) is 5.91 Å². The molecule has 0 aliphatic rings. The highest BCUT2D eigenvalue weighted by Gasteiger charge is 2.15. The third-order valence-corrected chi connectivity index (χ3v) is 3.75. The minimum atomic E-state index is -0.397. The molecule has 7 nitrogen and oxygen atoms in total. The predicted octanol–water partition coefficient (Wildman–Crippen LogP) is 2.21. The highest BCUT2D eigenvalue weighted by molar-refractivity contribution is 5.91. The number of carbonyl (C=O) groups is 1. The van der Waals surface area contributed by atoms with Crippen molar-refractivity contribution < 1.29 is 14.3 Å². The van der Waals surface area contributed by atoms with E-state index in [1.165, 1.54) is 5.56 Å². The Morgan fingerprint density at radius 1 is 1.20 bits per heavy atom. The number of nitrogens with zero attached hydrogens (tertiary/aromatic N) is 3. The van der Waals surface area contributed by atoms with Crippen LogP contribution in [0.15, 0.2) is 36.5 Å². The lowest BCUT2D eigenvalue weighted by Crippen LogP contribution is -2.28. The molecule has 1 N–H and O–H groups in total. The first-order valence-electron chi connectivity index (χ1n) is 8.60. The van der Waals surface area contributed by atoms with E-state index >= 15 is 0 Å². The van der Waals surface area contributed by atoms with Crippen LogP contribution in [-0.2, 0) is 16.0 Å². The largest absolute Gasteiger partial charge is 0.351 e. The van der Waals surface area contributed by atoms with Crippen molar-refractivity contribution in [3.63, 3.8) is 0 Å². The Bertz CT molecular complexity index is 639. The van der Waals surface area contributed by atoms with Crippen LogP contribution in [0.4, 0.5) is 0 Å². The minimum Gasteiger partial charge on any atom is -0.351 e. The van der Waals surface area contributed by atoms with E-state index in [0.717, 1.165) is 0 Å². The average Bonchev–Trinajstić information content (AvgIpc) is 3.09. The van der Waals surface area contributed by atoms with E-state index in [2.05, 4.69) is 34.7 Å². The fraction of sp³-hybridized carbons (Fsp3) is 0.500. The Balaban J connectivity index is 1.87. The van der Waals surface area contributed by atoms with Crippen molar-refractivity contribution in [3.05, 3.63) is 47.8 Å². The summed E-state index contributed by atoms with van der Waals surface area (Å²) < 4.78 is 12.5. The van der Waals surface area contributed by atoms with E-state index in [1.54, 1.807) is 10.9 Å². The summed E-state index contributed by atoms with van der Waals surface area (Å²) in [6.07, 6.45) is 1.21. The molecule has 1 atom stereocenters. The molecule has 0 saturated carbocycles. The van der Waals surface area contributed by atoms with E-state index in [9.17, 15) is 4.79 Å². The number of benzene rings is 1. The smallest absolute Gasteiger partial charge is 0.273 e. The normalized spacial score (nSPS) is 12.3. The molecule has 136 valence electrons. The molecular weight excluding hydrogens is 320 g/mol. The molecule has 1 unspecified atom stereocenters. The summed E-state index contributed by atoms with van der Waals surface area (Å²) in [6.45, 7) is 7.90. The molecule has 0 fully saturated rings. The Labute approximate surface area is 148 Å². The predicted molar refractivity (Wildman–Crippen MR) is 94.3 cm³/mol. The van der Waals surface area contributed by atoms with Gasteiger partial charge in [0.1, 0.15) is 0 Å². The van der Waals surface area contributed by atoms with Gasteiger partial charge in [-0.3, -0.25) is 4.79 Å². The molecule has 1 heterocycles. The highest BCUT2D eigenvalue weighted by atomic mass is 16.7. The summed E-state index contributed by atoms with van der Waals surface area (Å²) in [7, 11) is 0. The second-order valence-electron chi connectivity index (χ2n) is 5.69. The molecular formula is C18H26N4O3. The van der Waals surface area contributed by atoms with Crippen LogP contribution >= 0.6 is 0 Å². The summed E-state index contributed by atoms with van der Waals surface area (Å²) in [5, 5.41) is 10.8. The van der Waals surface area contributed by atoms with E-state index < -0.39 is 6.29 Å². The zero-order valence-corrected chi connectivity index (χ0v) is 15.0. The second-order valence-corrected chi connectivity index (χ2v) is 5.69. The fourth-order valence-corrected chi connectivity index (χ4v) is 2.41. The number of carbonyl (C=O) groups excluding carboxylic acids is 1. The Kier molecular flexibility index (Phi) is 7.56. The van der Waals surface area contributed by atoms with Crippen LogP contribution in [0.25, 0.3) is 0 Å². The maximum Gasteiger partial charge on any atom is 0.273 e. The van der Waals surface area contributed by atoms with Gasteiger partial charge in [0.15, 0.2) is 12.0 Å². The van der Waals surface area contributed by atoms with E-state index in [0.29, 0.717) is 26.3 Å². The number of ether oxygens (including phenoxy) is 2. The van der Waals surface area contributed by atoms with Crippen LogP contribution in [0, 0.1) is 0 Å². The monoisotopic (exact) mass is 346 g/mol. The van der Waals surface area contributed by atoms with Gasteiger partial charge >= 0.3 is 0 Å². The molecule has 1 aromatic carbocycles. The molecule has 1 amide bonds.